The Morgan fingerprint density at radius 3 is 2.40 bits per heavy atom. The predicted octanol–water partition coefficient (Wildman–Crippen LogP) is 2.60. The number of likely N-dealkylation sites (tertiary alicyclic amines) is 1. The molecule has 3 nitrogen and oxygen atoms in total. The molecule has 1 saturated carbocycles. The fraction of sp³-hybridized carbons (Fsp3) is 0.562. The van der Waals surface area contributed by atoms with Crippen LogP contribution in [-0.4, -0.2) is 34.6 Å². The summed E-state index contributed by atoms with van der Waals surface area (Å²) >= 11 is 5.92. The summed E-state index contributed by atoms with van der Waals surface area (Å²) in [5.41, 5.74) is -0.0951. The summed E-state index contributed by atoms with van der Waals surface area (Å²) in [4.78, 5) is 14.7. The van der Waals surface area contributed by atoms with Gasteiger partial charge in [-0.2, -0.15) is 0 Å². The van der Waals surface area contributed by atoms with E-state index in [2.05, 4.69) is 0 Å². The molecule has 1 aliphatic heterocycles. The molecule has 1 saturated heterocycles. The minimum atomic E-state index is -0.772. The van der Waals surface area contributed by atoms with E-state index in [9.17, 15) is 9.90 Å². The van der Waals surface area contributed by atoms with Crippen LogP contribution in [0.4, 0.5) is 0 Å². The number of hydrogen-bond donors (Lipinski definition) is 1. The fourth-order valence-corrected chi connectivity index (χ4v) is 3.24. The summed E-state index contributed by atoms with van der Waals surface area (Å²) < 4.78 is 0. The van der Waals surface area contributed by atoms with Crippen molar-refractivity contribution in [3.8, 4) is 0 Å². The van der Waals surface area contributed by atoms with Crippen LogP contribution in [0.25, 0.3) is 0 Å². The standard InChI is InChI=1S/C16H20ClNO2/c1-11-9-18(10-15(11,2)20)14(19)16(7-8-16)12-3-5-13(17)6-4-12/h3-6,11,20H,7-10H2,1-2H3. The summed E-state index contributed by atoms with van der Waals surface area (Å²) in [5.74, 6) is 0.275. The van der Waals surface area contributed by atoms with E-state index in [1.807, 2.05) is 43.0 Å². The van der Waals surface area contributed by atoms with Crippen LogP contribution < -0.4 is 0 Å². The Labute approximate surface area is 124 Å². The summed E-state index contributed by atoms with van der Waals surface area (Å²) in [6.07, 6.45) is 1.78. The lowest BCUT2D eigenvalue weighted by atomic mass is 9.94. The molecule has 3 rings (SSSR count). The van der Waals surface area contributed by atoms with Crippen molar-refractivity contribution in [2.24, 2.45) is 5.92 Å². The van der Waals surface area contributed by atoms with E-state index in [-0.39, 0.29) is 17.2 Å². The first kappa shape index (κ1) is 13.9. The number of hydrogen-bond acceptors (Lipinski definition) is 2. The van der Waals surface area contributed by atoms with Gasteiger partial charge in [-0.3, -0.25) is 4.79 Å². The molecule has 1 heterocycles. The number of halogens is 1. The number of benzene rings is 1. The van der Waals surface area contributed by atoms with E-state index in [1.165, 1.54) is 0 Å². The second-order valence-corrected chi connectivity index (χ2v) is 6.97. The molecule has 0 spiro atoms. The molecule has 1 aliphatic carbocycles. The van der Waals surface area contributed by atoms with E-state index in [0.717, 1.165) is 18.4 Å². The first-order valence-corrected chi connectivity index (χ1v) is 7.51. The van der Waals surface area contributed by atoms with Crippen molar-refractivity contribution in [1.82, 2.24) is 4.90 Å². The number of aliphatic hydroxyl groups is 1. The zero-order chi connectivity index (χ0) is 14.5. The van der Waals surface area contributed by atoms with Crippen LogP contribution in [-0.2, 0) is 10.2 Å². The lowest BCUT2D eigenvalue weighted by molar-refractivity contribution is -0.133. The first-order chi connectivity index (χ1) is 9.35. The topological polar surface area (TPSA) is 40.5 Å². The Kier molecular flexibility index (Phi) is 3.11. The number of carbonyl (C=O) groups is 1. The smallest absolute Gasteiger partial charge is 0.233 e. The van der Waals surface area contributed by atoms with Crippen molar-refractivity contribution < 1.29 is 9.90 Å². The molecule has 20 heavy (non-hydrogen) atoms. The fourth-order valence-electron chi connectivity index (χ4n) is 3.11. The average molecular weight is 294 g/mol. The minimum absolute atomic E-state index is 0.118. The molecule has 1 amide bonds. The molecule has 108 valence electrons. The third-order valence-electron chi connectivity index (χ3n) is 4.91. The van der Waals surface area contributed by atoms with Gasteiger partial charge in [0.15, 0.2) is 0 Å². The molecular weight excluding hydrogens is 274 g/mol. The van der Waals surface area contributed by atoms with Crippen molar-refractivity contribution in [2.45, 2.75) is 37.7 Å². The SMILES string of the molecule is CC1CN(C(=O)C2(c3ccc(Cl)cc3)CC2)CC1(C)O. The van der Waals surface area contributed by atoms with Gasteiger partial charge in [0.05, 0.1) is 11.0 Å². The van der Waals surface area contributed by atoms with E-state index >= 15 is 0 Å². The molecule has 2 atom stereocenters. The van der Waals surface area contributed by atoms with Crippen molar-refractivity contribution in [2.75, 3.05) is 13.1 Å². The minimum Gasteiger partial charge on any atom is -0.388 e. The molecule has 2 aliphatic rings. The van der Waals surface area contributed by atoms with E-state index in [0.29, 0.717) is 18.1 Å². The molecular formula is C16H20ClNO2. The Hall–Kier alpha value is -1.06. The lowest BCUT2D eigenvalue weighted by Crippen LogP contribution is -2.40. The molecule has 2 unspecified atom stereocenters. The van der Waals surface area contributed by atoms with Crippen LogP contribution in [0.5, 0.6) is 0 Å². The third-order valence-corrected chi connectivity index (χ3v) is 5.16. The zero-order valence-electron chi connectivity index (χ0n) is 11.9. The Balaban J connectivity index is 1.83. The Morgan fingerprint density at radius 1 is 1.35 bits per heavy atom. The van der Waals surface area contributed by atoms with Gasteiger partial charge >= 0.3 is 0 Å². The van der Waals surface area contributed by atoms with E-state index in [4.69, 9.17) is 11.6 Å². The van der Waals surface area contributed by atoms with Crippen molar-refractivity contribution in [1.29, 1.82) is 0 Å². The number of carbonyl (C=O) groups excluding carboxylic acids is 1. The van der Waals surface area contributed by atoms with Gasteiger partial charge in [0.2, 0.25) is 5.91 Å². The summed E-state index contributed by atoms with van der Waals surface area (Å²) in [7, 11) is 0. The van der Waals surface area contributed by atoms with Crippen LogP contribution in [0, 0.1) is 5.92 Å². The highest BCUT2D eigenvalue weighted by Gasteiger charge is 2.55. The summed E-state index contributed by atoms with van der Waals surface area (Å²) in [6, 6.07) is 7.58. The van der Waals surface area contributed by atoms with E-state index < -0.39 is 5.60 Å². The van der Waals surface area contributed by atoms with Gasteiger partial charge in [-0.1, -0.05) is 30.7 Å². The van der Waals surface area contributed by atoms with Crippen molar-refractivity contribution >= 4 is 17.5 Å². The molecule has 0 bridgehead atoms. The van der Waals surface area contributed by atoms with Crippen LogP contribution >= 0.6 is 11.6 Å². The lowest BCUT2D eigenvalue weighted by Gasteiger charge is -2.24. The van der Waals surface area contributed by atoms with Gasteiger partial charge in [-0.25, -0.2) is 0 Å². The normalized spacial score (nSPS) is 31.4. The second-order valence-electron chi connectivity index (χ2n) is 6.53. The first-order valence-electron chi connectivity index (χ1n) is 7.13. The van der Waals surface area contributed by atoms with Gasteiger partial charge in [0, 0.05) is 24.0 Å². The maximum Gasteiger partial charge on any atom is 0.233 e. The quantitative estimate of drug-likeness (QED) is 0.910. The maximum absolute atomic E-state index is 12.8. The number of β-amino-alcohol motifs (C(OH)–C–C–N with tert-alkyl or cyclic N) is 1. The number of amides is 1. The number of nitrogens with zero attached hydrogens (tertiary/aromatic N) is 1. The maximum atomic E-state index is 12.8. The highest BCUT2D eigenvalue weighted by atomic mass is 35.5. The van der Waals surface area contributed by atoms with Gasteiger partial charge in [-0.15, -0.1) is 0 Å². The largest absolute Gasteiger partial charge is 0.388 e. The Morgan fingerprint density at radius 2 is 1.95 bits per heavy atom. The van der Waals surface area contributed by atoms with Crippen molar-refractivity contribution in [3.05, 3.63) is 34.9 Å². The molecule has 2 fully saturated rings. The van der Waals surface area contributed by atoms with Gasteiger partial charge < -0.3 is 10.0 Å². The van der Waals surface area contributed by atoms with Crippen molar-refractivity contribution in [3.63, 3.8) is 0 Å². The molecule has 1 aromatic rings. The van der Waals surface area contributed by atoms with Crippen LogP contribution in [0.3, 0.4) is 0 Å². The Bertz CT molecular complexity index is 534. The van der Waals surface area contributed by atoms with E-state index in [1.54, 1.807) is 0 Å². The summed E-state index contributed by atoms with van der Waals surface area (Å²) in [6.45, 7) is 4.88. The molecule has 1 aromatic carbocycles. The average Bonchev–Trinajstić information content (AvgIpc) is 3.14. The number of rotatable bonds is 2. The van der Waals surface area contributed by atoms with Crippen LogP contribution in [0.2, 0.25) is 5.02 Å². The highest BCUT2D eigenvalue weighted by molar-refractivity contribution is 6.30. The summed E-state index contributed by atoms with van der Waals surface area (Å²) in [5, 5.41) is 11.0. The monoisotopic (exact) mass is 293 g/mol. The molecule has 4 heteroatoms. The highest BCUT2D eigenvalue weighted by Crippen LogP contribution is 2.50. The van der Waals surface area contributed by atoms with Gasteiger partial charge in [0.25, 0.3) is 0 Å². The van der Waals surface area contributed by atoms with Crippen LogP contribution in [0.15, 0.2) is 24.3 Å². The molecule has 0 radical (unpaired) electrons. The van der Waals surface area contributed by atoms with Gasteiger partial charge in [0.1, 0.15) is 0 Å². The predicted molar refractivity (Wildman–Crippen MR) is 78.7 cm³/mol. The molecule has 1 N–H and O–H groups in total. The molecule has 0 aromatic heterocycles. The second kappa shape index (κ2) is 4.47. The zero-order valence-corrected chi connectivity index (χ0v) is 12.7. The van der Waals surface area contributed by atoms with Gasteiger partial charge in [-0.05, 0) is 37.5 Å². The third kappa shape index (κ3) is 2.13. The van der Waals surface area contributed by atoms with Crippen LogP contribution in [0.1, 0.15) is 32.3 Å².